The van der Waals surface area contributed by atoms with Gasteiger partial charge in [-0.15, -0.1) is 0 Å². The molecule has 0 radical (unpaired) electrons. The standard InChI is InChI=1S/C30H37F2NO6/c1-18(17-34)30-19(16-33(39-30)10-11-38-21-6-4-3-5-7-21)12-22-23-14-25(31)24-13-20(35)8-9-27(24,2)29(23,32)26(36)15-28(22,30)37/h3-9,13,19-20,22-23,25-26,34-37H,1,10-12,14-17H2,2H3/t19-,20?,22-,23-,25-,26-,27-,28+,29-,30+/m0/s1. The second-order valence-corrected chi connectivity index (χ2v) is 12.1. The van der Waals surface area contributed by atoms with Gasteiger partial charge >= 0.3 is 0 Å². The molecule has 10 atom stereocenters. The molecule has 1 aromatic carbocycles. The Kier molecular flexibility index (Phi) is 6.37. The number of aliphatic hydroxyl groups is 4. The lowest BCUT2D eigenvalue weighted by molar-refractivity contribution is -0.292. The smallest absolute Gasteiger partial charge is 0.152 e. The number of rotatable bonds is 6. The highest BCUT2D eigenvalue weighted by Crippen LogP contribution is 2.70. The van der Waals surface area contributed by atoms with Crippen molar-refractivity contribution in [3.8, 4) is 5.75 Å². The van der Waals surface area contributed by atoms with Gasteiger partial charge in [-0.25, -0.2) is 8.78 Å². The fourth-order valence-corrected chi connectivity index (χ4v) is 8.61. The van der Waals surface area contributed by atoms with Gasteiger partial charge in [0, 0.05) is 30.2 Å². The van der Waals surface area contributed by atoms with Gasteiger partial charge in [-0.3, -0.25) is 4.84 Å². The van der Waals surface area contributed by atoms with Crippen LogP contribution in [0.1, 0.15) is 26.2 Å². The molecule has 6 rings (SSSR count). The Morgan fingerprint density at radius 1 is 1.21 bits per heavy atom. The van der Waals surface area contributed by atoms with Crippen molar-refractivity contribution in [3.05, 3.63) is 66.3 Å². The second kappa shape index (κ2) is 9.19. The van der Waals surface area contributed by atoms with Crippen LogP contribution in [0.4, 0.5) is 8.78 Å². The largest absolute Gasteiger partial charge is 0.492 e. The van der Waals surface area contributed by atoms with E-state index in [1.807, 2.05) is 30.3 Å². The molecule has 1 heterocycles. The molecule has 1 unspecified atom stereocenters. The monoisotopic (exact) mass is 545 g/mol. The van der Waals surface area contributed by atoms with Gasteiger partial charge in [-0.2, -0.15) is 5.06 Å². The minimum atomic E-state index is -2.27. The maximum atomic E-state index is 17.4. The van der Waals surface area contributed by atoms with E-state index in [9.17, 15) is 20.4 Å². The van der Waals surface area contributed by atoms with Crippen molar-refractivity contribution in [2.24, 2.45) is 23.2 Å². The molecule has 3 saturated carbocycles. The third-order valence-corrected chi connectivity index (χ3v) is 10.3. The average Bonchev–Trinajstić information content (AvgIpc) is 3.39. The number of hydroxylamine groups is 2. The highest BCUT2D eigenvalue weighted by Gasteiger charge is 2.79. The first-order valence-corrected chi connectivity index (χ1v) is 13.8. The molecule has 4 fully saturated rings. The number of alkyl halides is 2. The number of hydrogen-bond donors (Lipinski definition) is 4. The lowest BCUT2D eigenvalue weighted by Gasteiger charge is -2.63. The molecule has 212 valence electrons. The summed E-state index contributed by atoms with van der Waals surface area (Å²) in [5.74, 6) is -1.40. The highest BCUT2D eigenvalue weighted by molar-refractivity contribution is 5.44. The van der Waals surface area contributed by atoms with E-state index in [-0.39, 0.29) is 29.9 Å². The molecule has 1 aliphatic heterocycles. The van der Waals surface area contributed by atoms with Crippen LogP contribution in [0.2, 0.25) is 0 Å². The Hall–Kier alpha value is -2.14. The van der Waals surface area contributed by atoms with E-state index in [4.69, 9.17) is 9.57 Å². The van der Waals surface area contributed by atoms with Gasteiger partial charge in [0.25, 0.3) is 0 Å². The van der Waals surface area contributed by atoms with Crippen molar-refractivity contribution in [2.75, 3.05) is 26.3 Å². The van der Waals surface area contributed by atoms with Gasteiger partial charge in [0.15, 0.2) is 5.67 Å². The first-order chi connectivity index (χ1) is 18.5. The Bertz CT molecular complexity index is 1200. The minimum Gasteiger partial charge on any atom is -0.492 e. The molecule has 5 aliphatic rings. The number of halogens is 2. The highest BCUT2D eigenvalue weighted by atomic mass is 19.1. The van der Waals surface area contributed by atoms with Crippen LogP contribution in [0.5, 0.6) is 5.75 Å². The summed E-state index contributed by atoms with van der Waals surface area (Å²) in [5, 5.41) is 45.9. The molecule has 4 N–H and O–H groups in total. The van der Waals surface area contributed by atoms with Crippen molar-refractivity contribution >= 4 is 0 Å². The van der Waals surface area contributed by atoms with Crippen LogP contribution in [-0.4, -0.2) is 87.0 Å². The third kappa shape index (κ3) is 3.53. The summed E-state index contributed by atoms with van der Waals surface area (Å²) in [4.78, 5) is 6.43. The van der Waals surface area contributed by atoms with Crippen LogP contribution in [0.3, 0.4) is 0 Å². The van der Waals surface area contributed by atoms with Crippen molar-refractivity contribution in [2.45, 2.75) is 61.4 Å². The van der Waals surface area contributed by atoms with Crippen LogP contribution in [0.25, 0.3) is 0 Å². The molecule has 0 aromatic heterocycles. The molecule has 1 aromatic rings. The number of para-hydroxylation sites is 1. The fourth-order valence-electron chi connectivity index (χ4n) is 8.61. The number of ether oxygens (including phenoxy) is 1. The quantitative estimate of drug-likeness (QED) is 0.408. The van der Waals surface area contributed by atoms with Crippen molar-refractivity contribution in [1.82, 2.24) is 5.06 Å². The summed E-state index contributed by atoms with van der Waals surface area (Å²) in [6.07, 6.45) is -0.233. The maximum absolute atomic E-state index is 17.4. The molecular formula is C30H37F2NO6. The SMILES string of the molecule is C=C(CO)[C@@]12ON(CCOc3ccccc3)C[C@@H]1C[C@H]1[C@@H]3C[C@H](F)C4=CC(O)C=C[C@]4(C)[C@@]3(F)[C@@H](O)C[C@@]12O. The van der Waals surface area contributed by atoms with E-state index < -0.39 is 59.1 Å². The number of nitrogens with zero attached hydrogens (tertiary/aromatic N) is 1. The minimum absolute atomic E-state index is 0.134. The van der Waals surface area contributed by atoms with E-state index in [0.29, 0.717) is 31.9 Å². The summed E-state index contributed by atoms with van der Waals surface area (Å²) in [7, 11) is 0. The normalized spacial score (nSPS) is 46.6. The molecule has 1 saturated heterocycles. The molecule has 0 bridgehead atoms. The van der Waals surface area contributed by atoms with Crippen molar-refractivity contribution < 1.29 is 38.8 Å². The zero-order chi connectivity index (χ0) is 27.8. The molecule has 9 heteroatoms. The topological polar surface area (TPSA) is 103 Å². The molecule has 7 nitrogen and oxygen atoms in total. The second-order valence-electron chi connectivity index (χ2n) is 12.1. The average molecular weight is 546 g/mol. The van der Waals surface area contributed by atoms with Crippen molar-refractivity contribution in [3.63, 3.8) is 0 Å². The molecular weight excluding hydrogens is 508 g/mol. The Morgan fingerprint density at radius 3 is 2.67 bits per heavy atom. The Labute approximate surface area is 227 Å². The maximum Gasteiger partial charge on any atom is 0.152 e. The van der Waals surface area contributed by atoms with Gasteiger partial charge in [-0.05, 0) is 55.0 Å². The zero-order valence-electron chi connectivity index (χ0n) is 22.0. The first-order valence-electron chi connectivity index (χ1n) is 13.8. The van der Waals surface area contributed by atoms with Crippen molar-refractivity contribution in [1.29, 1.82) is 0 Å². The predicted molar refractivity (Wildman–Crippen MR) is 139 cm³/mol. The van der Waals surface area contributed by atoms with E-state index in [1.165, 1.54) is 18.2 Å². The molecule has 0 amide bonds. The number of benzene rings is 1. The first kappa shape index (κ1) is 27.1. The Balaban J connectivity index is 1.31. The zero-order valence-corrected chi connectivity index (χ0v) is 22.0. The molecule has 39 heavy (non-hydrogen) atoms. The van der Waals surface area contributed by atoms with E-state index in [1.54, 1.807) is 12.0 Å². The summed E-state index contributed by atoms with van der Waals surface area (Å²) in [6, 6.07) is 9.34. The number of fused-ring (bicyclic) bond motifs is 7. The lowest BCUT2D eigenvalue weighted by atomic mass is 9.46. The van der Waals surface area contributed by atoms with Gasteiger partial charge in [0.2, 0.25) is 0 Å². The number of allylic oxidation sites excluding steroid dienone is 2. The van der Waals surface area contributed by atoms with E-state index >= 15 is 8.78 Å². The third-order valence-electron chi connectivity index (χ3n) is 10.3. The molecule has 4 aliphatic carbocycles. The van der Waals surface area contributed by atoms with Gasteiger partial charge < -0.3 is 25.2 Å². The van der Waals surface area contributed by atoms with E-state index in [0.717, 1.165) is 0 Å². The van der Waals surface area contributed by atoms with Gasteiger partial charge in [0.1, 0.15) is 29.7 Å². The predicted octanol–water partition coefficient (Wildman–Crippen LogP) is 2.66. The summed E-state index contributed by atoms with van der Waals surface area (Å²) in [6.45, 7) is 6.22. The van der Waals surface area contributed by atoms with Crippen LogP contribution in [0.15, 0.2) is 66.3 Å². The molecule has 0 spiro atoms. The lowest BCUT2D eigenvalue weighted by Crippen LogP contribution is -2.73. The number of aliphatic hydroxyl groups excluding tert-OH is 3. The fraction of sp³-hybridized carbons (Fsp3) is 0.600. The van der Waals surface area contributed by atoms with Crippen LogP contribution < -0.4 is 4.74 Å². The van der Waals surface area contributed by atoms with Crippen LogP contribution in [-0.2, 0) is 4.84 Å². The van der Waals surface area contributed by atoms with E-state index in [2.05, 4.69) is 6.58 Å². The Morgan fingerprint density at radius 2 is 1.95 bits per heavy atom. The van der Waals surface area contributed by atoms with Gasteiger partial charge in [-0.1, -0.05) is 36.9 Å². The van der Waals surface area contributed by atoms with Crippen LogP contribution >= 0.6 is 0 Å². The summed E-state index contributed by atoms with van der Waals surface area (Å²) in [5.41, 5.74) is -6.59. The summed E-state index contributed by atoms with van der Waals surface area (Å²) >= 11 is 0. The van der Waals surface area contributed by atoms with Crippen LogP contribution in [0, 0.1) is 23.2 Å². The van der Waals surface area contributed by atoms with Gasteiger partial charge in [0.05, 0.1) is 25.4 Å². The number of hydrogen-bond acceptors (Lipinski definition) is 7. The summed E-state index contributed by atoms with van der Waals surface area (Å²) < 4.78 is 38.9.